The summed E-state index contributed by atoms with van der Waals surface area (Å²) in [4.78, 5) is 16.8. The van der Waals surface area contributed by atoms with E-state index in [9.17, 15) is 4.79 Å². The van der Waals surface area contributed by atoms with Crippen LogP contribution < -0.4 is 11.1 Å². The number of carbonyl (C=O) groups is 1. The van der Waals surface area contributed by atoms with Crippen LogP contribution in [0, 0.1) is 0 Å². The molecule has 1 saturated heterocycles. The van der Waals surface area contributed by atoms with E-state index in [1.54, 1.807) is 6.07 Å². The third-order valence-electron chi connectivity index (χ3n) is 4.29. The minimum atomic E-state index is 0.0182. The summed E-state index contributed by atoms with van der Waals surface area (Å²) in [6.45, 7) is 8.31. The van der Waals surface area contributed by atoms with Gasteiger partial charge in [0.2, 0.25) is 5.91 Å². The van der Waals surface area contributed by atoms with Gasteiger partial charge < -0.3 is 11.1 Å². The predicted octanol–water partition coefficient (Wildman–Crippen LogP) is 1.62. The van der Waals surface area contributed by atoms with E-state index in [-0.39, 0.29) is 11.4 Å². The number of amides is 1. The third kappa shape index (κ3) is 4.19. The molecule has 1 aromatic rings. The summed E-state index contributed by atoms with van der Waals surface area (Å²) < 4.78 is 0. The molecule has 21 heavy (non-hydrogen) atoms. The van der Waals surface area contributed by atoms with E-state index in [4.69, 9.17) is 5.73 Å². The fourth-order valence-electron chi connectivity index (χ4n) is 2.62. The third-order valence-corrected chi connectivity index (χ3v) is 4.29. The predicted molar refractivity (Wildman–Crippen MR) is 87.3 cm³/mol. The molecular weight excluding hydrogens is 264 g/mol. The highest BCUT2D eigenvalue weighted by molar-refractivity contribution is 5.93. The first-order valence-corrected chi connectivity index (χ1v) is 7.46. The van der Waals surface area contributed by atoms with Gasteiger partial charge in [0.1, 0.15) is 0 Å². The smallest absolute Gasteiger partial charge is 0.225 e. The number of benzene rings is 1. The minimum Gasteiger partial charge on any atom is -0.397 e. The molecule has 5 nitrogen and oxygen atoms in total. The van der Waals surface area contributed by atoms with Crippen LogP contribution in [0.4, 0.5) is 11.4 Å². The van der Waals surface area contributed by atoms with Gasteiger partial charge in [-0.15, -0.1) is 0 Å². The average Bonchev–Trinajstić information content (AvgIpc) is 2.42. The molecule has 0 spiro atoms. The lowest BCUT2D eigenvalue weighted by atomic mass is 9.99. The number of carbonyl (C=O) groups excluding carboxylic acids is 1. The summed E-state index contributed by atoms with van der Waals surface area (Å²) in [6.07, 6.45) is 0.494. The quantitative estimate of drug-likeness (QED) is 0.827. The Morgan fingerprint density at radius 1 is 1.33 bits per heavy atom. The van der Waals surface area contributed by atoms with Crippen LogP contribution in [0.5, 0.6) is 0 Å². The molecule has 0 radical (unpaired) electrons. The lowest BCUT2D eigenvalue weighted by molar-refractivity contribution is -0.116. The van der Waals surface area contributed by atoms with Crippen molar-refractivity contribution in [1.82, 2.24) is 9.80 Å². The average molecular weight is 290 g/mol. The van der Waals surface area contributed by atoms with Gasteiger partial charge >= 0.3 is 0 Å². The second-order valence-electron chi connectivity index (χ2n) is 6.40. The second-order valence-corrected chi connectivity index (χ2v) is 6.40. The largest absolute Gasteiger partial charge is 0.397 e. The first-order valence-electron chi connectivity index (χ1n) is 7.46. The Hall–Kier alpha value is -1.59. The van der Waals surface area contributed by atoms with Crippen LogP contribution in [-0.4, -0.2) is 54.5 Å². The zero-order chi connectivity index (χ0) is 15.5. The standard InChI is InChI=1S/C16H26N4O/c1-16(2)12-20(11-10-19(16)3)9-8-15(21)18-14-7-5-4-6-13(14)17/h4-7H,8-12,17H2,1-3H3,(H,18,21). The van der Waals surface area contributed by atoms with Crippen LogP contribution in [0.25, 0.3) is 0 Å². The maximum absolute atomic E-state index is 12.0. The topological polar surface area (TPSA) is 61.6 Å². The zero-order valence-corrected chi connectivity index (χ0v) is 13.2. The van der Waals surface area contributed by atoms with Crippen molar-refractivity contribution in [1.29, 1.82) is 0 Å². The van der Waals surface area contributed by atoms with Gasteiger partial charge in [-0.25, -0.2) is 0 Å². The summed E-state index contributed by atoms with van der Waals surface area (Å²) in [5.41, 5.74) is 7.29. The van der Waals surface area contributed by atoms with E-state index in [1.165, 1.54) is 0 Å². The van der Waals surface area contributed by atoms with Gasteiger partial charge in [0.15, 0.2) is 0 Å². The monoisotopic (exact) mass is 290 g/mol. The summed E-state index contributed by atoms with van der Waals surface area (Å²) in [6, 6.07) is 7.34. The van der Waals surface area contributed by atoms with Crippen molar-refractivity contribution in [2.45, 2.75) is 25.8 Å². The number of piperazine rings is 1. The molecule has 1 aliphatic heterocycles. The van der Waals surface area contributed by atoms with E-state index >= 15 is 0 Å². The lowest BCUT2D eigenvalue weighted by Gasteiger charge is -2.45. The molecule has 116 valence electrons. The first kappa shape index (κ1) is 15.8. The molecule has 0 bridgehead atoms. The molecule has 1 aromatic carbocycles. The van der Waals surface area contributed by atoms with Crippen LogP contribution >= 0.6 is 0 Å². The van der Waals surface area contributed by atoms with E-state index < -0.39 is 0 Å². The van der Waals surface area contributed by atoms with Crippen molar-refractivity contribution in [3.8, 4) is 0 Å². The highest BCUT2D eigenvalue weighted by atomic mass is 16.1. The molecule has 3 N–H and O–H groups in total. The number of nitrogens with two attached hydrogens (primary N) is 1. The molecule has 0 aromatic heterocycles. The minimum absolute atomic E-state index is 0.0182. The number of hydrogen-bond donors (Lipinski definition) is 2. The van der Waals surface area contributed by atoms with Crippen LogP contribution in [0.2, 0.25) is 0 Å². The molecule has 1 amide bonds. The Labute approximate surface area is 127 Å². The van der Waals surface area contributed by atoms with Crippen molar-refractivity contribution < 1.29 is 4.79 Å². The van der Waals surface area contributed by atoms with Crippen molar-refractivity contribution in [2.75, 3.05) is 44.3 Å². The number of para-hydroxylation sites is 2. The van der Waals surface area contributed by atoms with Crippen molar-refractivity contribution in [2.24, 2.45) is 0 Å². The summed E-state index contributed by atoms with van der Waals surface area (Å²) in [5.74, 6) is 0.0182. The van der Waals surface area contributed by atoms with Gasteiger partial charge in [0.05, 0.1) is 11.4 Å². The fourth-order valence-corrected chi connectivity index (χ4v) is 2.62. The normalized spacial score (nSPS) is 19.4. The van der Waals surface area contributed by atoms with Gasteiger partial charge in [-0.05, 0) is 33.0 Å². The fraction of sp³-hybridized carbons (Fsp3) is 0.562. The molecule has 1 fully saturated rings. The van der Waals surface area contributed by atoms with Gasteiger partial charge in [0.25, 0.3) is 0 Å². The Morgan fingerprint density at radius 3 is 2.71 bits per heavy atom. The molecule has 2 rings (SSSR count). The SMILES string of the molecule is CN1CCN(CCC(=O)Nc2ccccc2N)CC1(C)C. The Bertz CT molecular complexity index is 501. The van der Waals surface area contributed by atoms with Crippen molar-refractivity contribution in [3.05, 3.63) is 24.3 Å². The van der Waals surface area contributed by atoms with Gasteiger partial charge in [0, 0.05) is 38.1 Å². The second kappa shape index (κ2) is 6.45. The number of nitrogens with zero attached hydrogens (tertiary/aromatic N) is 2. The van der Waals surface area contributed by atoms with Gasteiger partial charge in [-0.2, -0.15) is 0 Å². The Morgan fingerprint density at radius 2 is 2.05 bits per heavy atom. The van der Waals surface area contributed by atoms with Crippen molar-refractivity contribution >= 4 is 17.3 Å². The van der Waals surface area contributed by atoms with Crippen molar-refractivity contribution in [3.63, 3.8) is 0 Å². The molecule has 0 aliphatic carbocycles. The molecule has 1 aliphatic rings. The summed E-state index contributed by atoms with van der Waals surface area (Å²) in [7, 11) is 2.15. The van der Waals surface area contributed by atoms with Gasteiger partial charge in [-0.1, -0.05) is 12.1 Å². The van der Waals surface area contributed by atoms with Crippen LogP contribution in [0.1, 0.15) is 20.3 Å². The molecular formula is C16H26N4O. The van der Waals surface area contributed by atoms with Crippen LogP contribution in [0.3, 0.4) is 0 Å². The van der Waals surface area contributed by atoms with Gasteiger partial charge in [-0.3, -0.25) is 14.6 Å². The maximum Gasteiger partial charge on any atom is 0.225 e. The Balaban J connectivity index is 1.81. The lowest BCUT2D eigenvalue weighted by Crippen LogP contribution is -2.57. The first-order chi connectivity index (χ1) is 9.88. The highest BCUT2D eigenvalue weighted by Crippen LogP contribution is 2.19. The number of hydrogen-bond acceptors (Lipinski definition) is 4. The van der Waals surface area contributed by atoms with E-state index in [1.807, 2.05) is 18.2 Å². The van der Waals surface area contributed by atoms with E-state index in [2.05, 4.69) is 36.0 Å². The number of rotatable bonds is 4. The summed E-state index contributed by atoms with van der Waals surface area (Å²) in [5, 5.41) is 2.88. The molecule has 0 atom stereocenters. The molecule has 0 saturated carbocycles. The summed E-state index contributed by atoms with van der Waals surface area (Å²) >= 11 is 0. The van der Waals surface area contributed by atoms with E-state index in [0.717, 1.165) is 26.2 Å². The maximum atomic E-state index is 12.0. The number of nitrogen functional groups attached to an aromatic ring is 1. The van der Waals surface area contributed by atoms with Crippen LogP contribution in [0.15, 0.2) is 24.3 Å². The Kier molecular flexibility index (Phi) is 4.85. The highest BCUT2D eigenvalue weighted by Gasteiger charge is 2.30. The molecule has 0 unspecified atom stereocenters. The molecule has 1 heterocycles. The number of nitrogens with one attached hydrogen (secondary N) is 1. The van der Waals surface area contributed by atoms with Crippen LogP contribution in [-0.2, 0) is 4.79 Å². The number of likely N-dealkylation sites (N-methyl/N-ethyl adjacent to an activating group) is 1. The molecule has 5 heteroatoms. The van der Waals surface area contributed by atoms with E-state index in [0.29, 0.717) is 17.8 Å². The zero-order valence-electron chi connectivity index (χ0n) is 13.2. The number of anilines is 2.